The molecule has 0 aromatic rings. The zero-order valence-corrected chi connectivity index (χ0v) is 9.92. The Labute approximate surface area is 126 Å². The third-order valence-electron chi connectivity index (χ3n) is 0.795. The second kappa shape index (κ2) is 8.25. The quantitative estimate of drug-likeness (QED) is 0.360. The van der Waals surface area contributed by atoms with E-state index in [0.717, 1.165) is 0 Å². The van der Waals surface area contributed by atoms with E-state index in [4.69, 9.17) is 37.9 Å². The van der Waals surface area contributed by atoms with E-state index >= 15 is 0 Å². The van der Waals surface area contributed by atoms with Gasteiger partial charge in [0.2, 0.25) is 0 Å². The first-order chi connectivity index (χ1) is 6.16. The molecule has 0 aliphatic carbocycles. The van der Waals surface area contributed by atoms with Crippen molar-refractivity contribution in [3.63, 3.8) is 0 Å². The van der Waals surface area contributed by atoms with Crippen molar-refractivity contribution < 1.29 is 32.6 Å². The molecule has 0 saturated heterocycles. The fraction of sp³-hybridized carbons (Fsp3) is 1.00. The summed E-state index contributed by atoms with van der Waals surface area (Å²) in [6.07, 6.45) is 0. The van der Waals surface area contributed by atoms with Gasteiger partial charge in [-0.3, -0.25) is 4.52 Å². The number of halogens is 2. The molecule has 0 rings (SSSR count). The summed E-state index contributed by atoms with van der Waals surface area (Å²) in [5.74, 6) is -0.0442. The van der Waals surface area contributed by atoms with E-state index in [1.807, 2.05) is 0 Å². The first-order valence-corrected chi connectivity index (χ1v) is 7.10. The van der Waals surface area contributed by atoms with Crippen LogP contribution in [0.4, 0.5) is 0 Å². The first kappa shape index (κ1) is 19.4. The summed E-state index contributed by atoms with van der Waals surface area (Å²) in [6.45, 7) is -0.459. The van der Waals surface area contributed by atoms with Gasteiger partial charge in [-0.05, 0) is 0 Å². The molecule has 2 atom stereocenters. The summed E-state index contributed by atoms with van der Waals surface area (Å²) < 4.78 is 28.5. The van der Waals surface area contributed by atoms with Gasteiger partial charge in [-0.15, -0.1) is 23.2 Å². The van der Waals surface area contributed by atoms with E-state index in [2.05, 4.69) is 8.83 Å². The van der Waals surface area contributed by atoms with Crippen LogP contribution in [0.2, 0.25) is 0 Å². The molecule has 0 saturated carbocycles. The summed E-state index contributed by atoms with van der Waals surface area (Å²) in [4.78, 5) is 25.1. The minimum atomic E-state index is -5.07. The van der Waals surface area contributed by atoms with Crippen LogP contribution in [0.1, 0.15) is 0 Å². The Kier molecular flexibility index (Phi) is 10.7. The van der Waals surface area contributed by atoms with E-state index in [1.54, 1.807) is 0 Å². The van der Waals surface area contributed by atoms with Gasteiger partial charge in [0.25, 0.3) is 0 Å². The maximum atomic E-state index is 10.8. The van der Waals surface area contributed by atoms with Gasteiger partial charge in [0.15, 0.2) is 0 Å². The molecule has 0 bridgehead atoms. The monoisotopic (exact) mass is 330 g/mol. The Morgan fingerprint density at radius 2 is 1.73 bits per heavy atom. The number of hydrogen-bond acceptors (Lipinski definition) is 4. The molecule has 0 aromatic carbocycles. The second-order valence-electron chi connectivity index (χ2n) is 2.09. The molecule has 0 fully saturated rings. The zero-order chi connectivity index (χ0) is 11.4. The molecule has 90 valence electrons. The van der Waals surface area contributed by atoms with Crippen molar-refractivity contribution in [1.82, 2.24) is 0 Å². The molecule has 2 unspecified atom stereocenters. The fourth-order valence-corrected chi connectivity index (χ4v) is 2.25. The Morgan fingerprint density at radius 3 is 2.07 bits per heavy atom. The molecule has 7 nitrogen and oxygen atoms in total. The van der Waals surface area contributed by atoms with Crippen molar-refractivity contribution in [3.8, 4) is 0 Å². The van der Waals surface area contributed by atoms with Crippen molar-refractivity contribution in [2.45, 2.75) is 5.38 Å². The van der Waals surface area contributed by atoms with Crippen LogP contribution in [-0.4, -0.2) is 70.3 Å². The molecule has 0 aliphatic heterocycles. The van der Waals surface area contributed by atoms with Crippen LogP contribution in [0.3, 0.4) is 0 Å². The second-order valence-corrected chi connectivity index (χ2v) is 5.84. The van der Waals surface area contributed by atoms with Crippen LogP contribution in [0.15, 0.2) is 0 Å². The average Bonchev–Trinajstić information content (AvgIpc) is 1.96. The molecule has 0 spiro atoms. The predicted molar refractivity (Wildman–Crippen MR) is 57.8 cm³/mol. The topological polar surface area (TPSA) is 113 Å². The van der Waals surface area contributed by atoms with Gasteiger partial charge >= 0.3 is 53.4 Å². The number of rotatable bonds is 6. The van der Waals surface area contributed by atoms with Gasteiger partial charge in [0.05, 0.1) is 12.0 Å². The van der Waals surface area contributed by atoms with Crippen LogP contribution in [-0.2, 0) is 18.0 Å². The zero-order valence-electron chi connectivity index (χ0n) is 6.62. The number of alkyl halides is 2. The Bertz CT molecular complexity index is 269. The molecule has 0 aliphatic rings. The van der Waals surface area contributed by atoms with Gasteiger partial charge in [-0.1, -0.05) is 0 Å². The SMILES string of the molecule is O=P(O)(O)OP(=O)(O)OCC(Cl)CCl.[CaH2]. The predicted octanol–water partition coefficient (Wildman–Crippen LogP) is 0.143. The number of phosphoric ester groups is 1. The molecular formula is C3H10CaCl2O7P2. The molecule has 12 heteroatoms. The van der Waals surface area contributed by atoms with Crippen molar-refractivity contribution >= 4 is 76.6 Å². The molecule has 15 heavy (non-hydrogen) atoms. The Morgan fingerprint density at radius 1 is 1.27 bits per heavy atom. The Hall–Kier alpha value is 2.10. The van der Waals surface area contributed by atoms with E-state index in [0.29, 0.717) is 0 Å². The Balaban J connectivity index is 0. The van der Waals surface area contributed by atoms with Gasteiger partial charge in [0, 0.05) is 5.88 Å². The van der Waals surface area contributed by atoms with Gasteiger partial charge < -0.3 is 14.7 Å². The molecular weight excluding hydrogens is 321 g/mol. The third kappa shape index (κ3) is 12.3. The van der Waals surface area contributed by atoms with Crippen molar-refractivity contribution in [2.24, 2.45) is 0 Å². The normalized spacial score (nSPS) is 17.7. The molecule has 0 amide bonds. The minimum absolute atomic E-state index is 0. The van der Waals surface area contributed by atoms with E-state index in [9.17, 15) is 9.13 Å². The first-order valence-electron chi connectivity index (χ1n) is 3.10. The molecule has 0 heterocycles. The van der Waals surface area contributed by atoms with Crippen molar-refractivity contribution in [1.29, 1.82) is 0 Å². The maximum absolute atomic E-state index is 10.8. The summed E-state index contributed by atoms with van der Waals surface area (Å²) in [6, 6.07) is 0. The van der Waals surface area contributed by atoms with E-state index in [-0.39, 0.29) is 43.6 Å². The van der Waals surface area contributed by atoms with Crippen LogP contribution in [0, 0.1) is 0 Å². The molecule has 3 N–H and O–H groups in total. The van der Waals surface area contributed by atoms with E-state index in [1.165, 1.54) is 0 Å². The van der Waals surface area contributed by atoms with Crippen LogP contribution >= 0.6 is 38.8 Å². The summed E-state index contributed by atoms with van der Waals surface area (Å²) >= 11 is 10.6. The molecule has 0 radical (unpaired) electrons. The summed E-state index contributed by atoms with van der Waals surface area (Å²) in [5, 5.41) is -0.752. The van der Waals surface area contributed by atoms with Crippen molar-refractivity contribution in [3.05, 3.63) is 0 Å². The molecule has 0 aromatic heterocycles. The number of hydrogen-bond donors (Lipinski definition) is 3. The van der Waals surface area contributed by atoms with Crippen LogP contribution in [0.25, 0.3) is 0 Å². The summed E-state index contributed by atoms with van der Waals surface area (Å²) in [7, 11) is -9.86. The third-order valence-corrected chi connectivity index (χ3v) is 3.76. The van der Waals surface area contributed by atoms with Crippen molar-refractivity contribution in [2.75, 3.05) is 12.5 Å². The summed E-state index contributed by atoms with van der Waals surface area (Å²) in [5.41, 5.74) is 0. The van der Waals surface area contributed by atoms with Gasteiger partial charge in [-0.2, -0.15) is 4.31 Å². The average molecular weight is 331 g/mol. The van der Waals surface area contributed by atoms with Crippen LogP contribution in [0.5, 0.6) is 0 Å². The van der Waals surface area contributed by atoms with Crippen LogP contribution < -0.4 is 0 Å². The van der Waals surface area contributed by atoms with Gasteiger partial charge in [-0.25, -0.2) is 9.13 Å². The van der Waals surface area contributed by atoms with Gasteiger partial charge in [0.1, 0.15) is 0 Å². The standard InChI is InChI=1S/C3H8Cl2O7P2.Ca.2H/c4-1-3(5)2-11-14(9,10)12-13(6,7)8;;;/h3H,1-2H2,(H,9,10)(H2,6,7,8);;;. The van der Waals surface area contributed by atoms with E-state index < -0.39 is 27.6 Å². The number of phosphoric acid groups is 2. The fourth-order valence-electron chi connectivity index (χ4n) is 0.378.